The lowest BCUT2D eigenvalue weighted by Crippen LogP contribution is -2.47. The van der Waals surface area contributed by atoms with Gasteiger partial charge in [0.2, 0.25) is 0 Å². The maximum Gasteiger partial charge on any atom is 0.255 e. The topological polar surface area (TPSA) is 50.8 Å². The maximum absolute atomic E-state index is 13.0. The Bertz CT molecular complexity index is 865. The number of carbonyl (C=O) groups is 1. The number of benzene rings is 2. The summed E-state index contributed by atoms with van der Waals surface area (Å²) in [5, 5.41) is 3.17. The van der Waals surface area contributed by atoms with E-state index in [1.807, 2.05) is 24.3 Å². The fourth-order valence-electron chi connectivity index (χ4n) is 4.09. The number of methoxy groups -OCH3 is 2. The summed E-state index contributed by atoms with van der Waals surface area (Å²) in [6.45, 7) is 6.84. The zero-order valence-electron chi connectivity index (χ0n) is 18.7. The molecule has 2 aromatic carbocycles. The predicted octanol–water partition coefficient (Wildman–Crippen LogP) is 4.22. The van der Waals surface area contributed by atoms with Gasteiger partial charge in [-0.2, -0.15) is 0 Å². The Morgan fingerprint density at radius 1 is 1.10 bits per heavy atom. The minimum Gasteiger partial charge on any atom is -0.497 e. The van der Waals surface area contributed by atoms with Crippen LogP contribution in [0.25, 0.3) is 0 Å². The average molecular weight is 411 g/mol. The Hall–Kier alpha value is -2.53. The highest BCUT2D eigenvalue weighted by atomic mass is 16.5. The summed E-state index contributed by atoms with van der Waals surface area (Å²) >= 11 is 0. The van der Waals surface area contributed by atoms with E-state index in [0.717, 1.165) is 50.1 Å². The summed E-state index contributed by atoms with van der Waals surface area (Å²) in [5.74, 6) is 1.45. The molecule has 0 spiro atoms. The summed E-state index contributed by atoms with van der Waals surface area (Å²) in [4.78, 5) is 15.5. The molecule has 2 aromatic rings. The van der Waals surface area contributed by atoms with Gasteiger partial charge in [-0.05, 0) is 66.8 Å². The first kappa shape index (κ1) is 22.2. The first-order chi connectivity index (χ1) is 14.6. The SMILES string of the molecule is CCCCN1Cc2cc(OC)ccc2C[C@H]1CNC(=O)c1cc(CC)ccc1OC. The number of rotatable bonds is 9. The van der Waals surface area contributed by atoms with E-state index >= 15 is 0 Å². The first-order valence-corrected chi connectivity index (χ1v) is 10.9. The van der Waals surface area contributed by atoms with Crippen LogP contribution in [0.4, 0.5) is 0 Å². The molecular formula is C25H34N2O3. The second kappa shape index (κ2) is 10.5. The van der Waals surface area contributed by atoms with Gasteiger partial charge < -0.3 is 14.8 Å². The van der Waals surface area contributed by atoms with Crippen molar-refractivity contribution in [2.75, 3.05) is 27.3 Å². The summed E-state index contributed by atoms with van der Waals surface area (Å²) in [6.07, 6.45) is 4.12. The van der Waals surface area contributed by atoms with Gasteiger partial charge in [0, 0.05) is 19.1 Å². The number of nitrogens with zero attached hydrogens (tertiary/aromatic N) is 1. The molecule has 1 aliphatic heterocycles. The molecule has 30 heavy (non-hydrogen) atoms. The van der Waals surface area contributed by atoms with Crippen molar-refractivity contribution < 1.29 is 14.3 Å². The van der Waals surface area contributed by atoms with Crippen molar-refractivity contribution in [1.29, 1.82) is 0 Å². The predicted molar refractivity (Wildman–Crippen MR) is 121 cm³/mol. The molecule has 0 saturated heterocycles. The Kier molecular flexibility index (Phi) is 7.75. The minimum absolute atomic E-state index is 0.0712. The van der Waals surface area contributed by atoms with E-state index in [2.05, 4.69) is 36.2 Å². The quantitative estimate of drug-likeness (QED) is 0.672. The van der Waals surface area contributed by atoms with Crippen LogP contribution in [0.2, 0.25) is 0 Å². The van der Waals surface area contributed by atoms with Crippen molar-refractivity contribution in [1.82, 2.24) is 10.2 Å². The molecule has 0 radical (unpaired) electrons. The monoisotopic (exact) mass is 410 g/mol. The lowest BCUT2D eigenvalue weighted by atomic mass is 9.93. The summed E-state index contributed by atoms with van der Waals surface area (Å²) in [7, 11) is 3.32. The number of hydrogen-bond acceptors (Lipinski definition) is 4. The van der Waals surface area contributed by atoms with Gasteiger partial charge in [0.15, 0.2) is 0 Å². The Labute approximate surface area is 180 Å². The number of carbonyl (C=O) groups excluding carboxylic acids is 1. The van der Waals surface area contributed by atoms with E-state index in [4.69, 9.17) is 9.47 Å². The fraction of sp³-hybridized carbons (Fsp3) is 0.480. The van der Waals surface area contributed by atoms with Crippen LogP contribution in [0.3, 0.4) is 0 Å². The highest BCUT2D eigenvalue weighted by Gasteiger charge is 2.27. The highest BCUT2D eigenvalue weighted by Crippen LogP contribution is 2.27. The van der Waals surface area contributed by atoms with Gasteiger partial charge in [-0.1, -0.05) is 32.4 Å². The van der Waals surface area contributed by atoms with Crippen molar-refractivity contribution in [2.24, 2.45) is 0 Å². The molecule has 5 nitrogen and oxygen atoms in total. The van der Waals surface area contributed by atoms with Gasteiger partial charge in [0.05, 0.1) is 19.8 Å². The molecular weight excluding hydrogens is 376 g/mol. The van der Waals surface area contributed by atoms with Crippen LogP contribution >= 0.6 is 0 Å². The molecule has 0 bridgehead atoms. The third kappa shape index (κ3) is 5.14. The molecule has 1 amide bonds. The number of amides is 1. The maximum atomic E-state index is 13.0. The lowest BCUT2D eigenvalue weighted by Gasteiger charge is -2.37. The molecule has 1 aliphatic rings. The average Bonchev–Trinajstić information content (AvgIpc) is 2.79. The van der Waals surface area contributed by atoms with Crippen LogP contribution < -0.4 is 14.8 Å². The standard InChI is InChI=1S/C25H34N2O3/c1-5-7-12-27-17-20-15-22(29-3)10-9-19(20)14-21(27)16-26-25(28)23-13-18(6-2)8-11-24(23)30-4/h8-11,13,15,21H,5-7,12,14,16-17H2,1-4H3,(H,26,28)/t21-/m0/s1. The zero-order chi connectivity index (χ0) is 21.5. The molecule has 0 fully saturated rings. The van der Waals surface area contributed by atoms with Crippen LogP contribution in [0, 0.1) is 0 Å². The van der Waals surface area contributed by atoms with Crippen molar-refractivity contribution >= 4 is 5.91 Å². The fourth-order valence-corrected chi connectivity index (χ4v) is 4.09. The number of nitrogens with one attached hydrogen (secondary N) is 1. The molecule has 162 valence electrons. The van der Waals surface area contributed by atoms with Gasteiger partial charge in [0.1, 0.15) is 11.5 Å². The first-order valence-electron chi connectivity index (χ1n) is 10.9. The number of hydrogen-bond donors (Lipinski definition) is 1. The van der Waals surface area contributed by atoms with E-state index in [9.17, 15) is 4.79 Å². The number of fused-ring (bicyclic) bond motifs is 1. The van der Waals surface area contributed by atoms with Gasteiger partial charge in [-0.25, -0.2) is 0 Å². The van der Waals surface area contributed by atoms with Crippen LogP contribution in [-0.2, 0) is 19.4 Å². The second-order valence-corrected chi connectivity index (χ2v) is 7.91. The van der Waals surface area contributed by atoms with Crippen LogP contribution in [0.5, 0.6) is 11.5 Å². The molecule has 1 N–H and O–H groups in total. The van der Waals surface area contributed by atoms with Crippen molar-refractivity contribution in [3.05, 3.63) is 58.7 Å². The van der Waals surface area contributed by atoms with Crippen LogP contribution in [-0.4, -0.2) is 44.2 Å². The second-order valence-electron chi connectivity index (χ2n) is 7.91. The normalized spacial score (nSPS) is 16.1. The third-order valence-electron chi connectivity index (χ3n) is 5.97. The minimum atomic E-state index is -0.0712. The number of ether oxygens (including phenoxy) is 2. The molecule has 0 unspecified atom stereocenters. The molecule has 0 aliphatic carbocycles. The smallest absolute Gasteiger partial charge is 0.255 e. The molecule has 0 aromatic heterocycles. The van der Waals surface area contributed by atoms with Crippen LogP contribution in [0.15, 0.2) is 36.4 Å². The van der Waals surface area contributed by atoms with E-state index < -0.39 is 0 Å². The lowest BCUT2D eigenvalue weighted by molar-refractivity contribution is 0.0921. The van der Waals surface area contributed by atoms with Crippen LogP contribution in [0.1, 0.15) is 53.7 Å². The van der Waals surface area contributed by atoms with Gasteiger partial charge in [0.25, 0.3) is 5.91 Å². The van der Waals surface area contributed by atoms with Crippen molar-refractivity contribution in [3.8, 4) is 11.5 Å². The largest absolute Gasteiger partial charge is 0.497 e. The molecule has 5 heteroatoms. The van der Waals surface area contributed by atoms with Crippen molar-refractivity contribution in [3.63, 3.8) is 0 Å². The number of aryl methyl sites for hydroxylation is 1. The Morgan fingerprint density at radius 3 is 2.63 bits per heavy atom. The Balaban J connectivity index is 1.74. The molecule has 1 heterocycles. The third-order valence-corrected chi connectivity index (χ3v) is 5.97. The van der Waals surface area contributed by atoms with Gasteiger partial charge in [-0.15, -0.1) is 0 Å². The zero-order valence-corrected chi connectivity index (χ0v) is 18.7. The summed E-state index contributed by atoms with van der Waals surface area (Å²) in [6, 6.07) is 12.4. The van der Waals surface area contributed by atoms with E-state index in [1.54, 1.807) is 14.2 Å². The van der Waals surface area contributed by atoms with Gasteiger partial charge in [-0.3, -0.25) is 9.69 Å². The van der Waals surface area contributed by atoms with E-state index in [-0.39, 0.29) is 11.9 Å². The Morgan fingerprint density at radius 2 is 1.93 bits per heavy atom. The summed E-state index contributed by atoms with van der Waals surface area (Å²) < 4.78 is 10.8. The van der Waals surface area contributed by atoms with E-state index in [0.29, 0.717) is 17.9 Å². The molecule has 3 rings (SSSR count). The molecule has 0 saturated carbocycles. The number of unbranched alkanes of at least 4 members (excludes halogenated alkanes) is 1. The van der Waals surface area contributed by atoms with E-state index in [1.165, 1.54) is 11.1 Å². The highest BCUT2D eigenvalue weighted by molar-refractivity contribution is 5.97. The van der Waals surface area contributed by atoms with Crippen molar-refractivity contribution in [2.45, 2.75) is 52.1 Å². The summed E-state index contributed by atoms with van der Waals surface area (Å²) in [5.41, 5.74) is 4.41. The molecule has 1 atom stereocenters. The van der Waals surface area contributed by atoms with Gasteiger partial charge >= 0.3 is 0 Å².